The fourth-order valence-corrected chi connectivity index (χ4v) is 3.64. The second-order valence-corrected chi connectivity index (χ2v) is 7.54. The van der Waals surface area contributed by atoms with Gasteiger partial charge >= 0.3 is 6.03 Å². The minimum atomic E-state index is -0.0112. The van der Waals surface area contributed by atoms with Crippen molar-refractivity contribution in [1.29, 1.82) is 0 Å². The number of piperidine rings is 2. The summed E-state index contributed by atoms with van der Waals surface area (Å²) in [5.41, 5.74) is 0. The highest BCUT2D eigenvalue weighted by atomic mass is 16.2. The van der Waals surface area contributed by atoms with E-state index in [-0.39, 0.29) is 23.9 Å². The Labute approximate surface area is 146 Å². The monoisotopic (exact) mass is 338 g/mol. The zero-order chi connectivity index (χ0) is 17.5. The minimum absolute atomic E-state index is 0.0112. The van der Waals surface area contributed by atoms with E-state index in [0.29, 0.717) is 19.1 Å². The standard InChI is InChI=1S/C18H34N4O2/c1-14(2)20-18(24)22-11-7-16(8-12-22)17(23)19-9-13-21-10-5-4-6-15(21)3/h14-16H,4-13H2,1-3H3,(H,19,23)(H,20,24). The summed E-state index contributed by atoms with van der Waals surface area (Å²) < 4.78 is 0. The fourth-order valence-electron chi connectivity index (χ4n) is 3.64. The summed E-state index contributed by atoms with van der Waals surface area (Å²) in [4.78, 5) is 28.6. The average molecular weight is 338 g/mol. The molecule has 0 aromatic carbocycles. The van der Waals surface area contributed by atoms with E-state index in [1.165, 1.54) is 19.3 Å². The van der Waals surface area contributed by atoms with Gasteiger partial charge in [-0.15, -0.1) is 0 Å². The van der Waals surface area contributed by atoms with Crippen molar-refractivity contribution >= 4 is 11.9 Å². The van der Waals surface area contributed by atoms with Crippen LogP contribution in [0, 0.1) is 5.92 Å². The van der Waals surface area contributed by atoms with Gasteiger partial charge in [-0.05, 0) is 53.0 Å². The molecule has 0 saturated carbocycles. The van der Waals surface area contributed by atoms with E-state index in [2.05, 4.69) is 22.5 Å². The van der Waals surface area contributed by atoms with Crippen LogP contribution in [0.15, 0.2) is 0 Å². The van der Waals surface area contributed by atoms with Crippen molar-refractivity contribution in [1.82, 2.24) is 20.4 Å². The first-order valence-electron chi connectivity index (χ1n) is 9.54. The van der Waals surface area contributed by atoms with Gasteiger partial charge in [0.15, 0.2) is 0 Å². The number of rotatable bonds is 5. The van der Waals surface area contributed by atoms with Gasteiger partial charge in [-0.3, -0.25) is 9.69 Å². The molecule has 2 aliphatic heterocycles. The lowest BCUT2D eigenvalue weighted by Gasteiger charge is -2.34. The number of nitrogens with zero attached hydrogens (tertiary/aromatic N) is 2. The highest BCUT2D eigenvalue weighted by molar-refractivity contribution is 5.79. The SMILES string of the molecule is CC(C)NC(=O)N1CCC(C(=O)NCCN2CCCCC2C)CC1. The molecule has 0 spiro atoms. The van der Waals surface area contributed by atoms with Gasteiger partial charge in [0.1, 0.15) is 0 Å². The lowest BCUT2D eigenvalue weighted by Crippen LogP contribution is -2.49. The Bertz CT molecular complexity index is 419. The number of carbonyl (C=O) groups excluding carboxylic acids is 2. The van der Waals surface area contributed by atoms with Crippen LogP contribution in [0.5, 0.6) is 0 Å². The average Bonchev–Trinajstić information content (AvgIpc) is 2.56. The Morgan fingerprint density at radius 3 is 2.42 bits per heavy atom. The zero-order valence-corrected chi connectivity index (χ0v) is 15.5. The zero-order valence-electron chi connectivity index (χ0n) is 15.5. The first-order valence-corrected chi connectivity index (χ1v) is 9.54. The summed E-state index contributed by atoms with van der Waals surface area (Å²) in [6.07, 6.45) is 5.39. The molecule has 138 valence electrons. The maximum atomic E-state index is 12.3. The number of carbonyl (C=O) groups is 2. The molecule has 2 saturated heterocycles. The number of hydrogen-bond acceptors (Lipinski definition) is 3. The van der Waals surface area contributed by atoms with Gasteiger partial charge in [-0.25, -0.2) is 4.79 Å². The maximum Gasteiger partial charge on any atom is 0.317 e. The largest absolute Gasteiger partial charge is 0.355 e. The molecule has 0 aliphatic carbocycles. The maximum absolute atomic E-state index is 12.3. The molecule has 6 nitrogen and oxygen atoms in total. The van der Waals surface area contributed by atoms with Gasteiger partial charge in [-0.1, -0.05) is 6.42 Å². The molecule has 2 aliphatic rings. The highest BCUT2D eigenvalue weighted by Crippen LogP contribution is 2.18. The minimum Gasteiger partial charge on any atom is -0.355 e. The fraction of sp³-hybridized carbons (Fsp3) is 0.889. The predicted molar refractivity (Wildman–Crippen MR) is 95.9 cm³/mol. The first-order chi connectivity index (χ1) is 11.5. The summed E-state index contributed by atoms with van der Waals surface area (Å²) in [5, 5.41) is 6.01. The van der Waals surface area contributed by atoms with Gasteiger partial charge in [0.25, 0.3) is 0 Å². The molecule has 2 heterocycles. The third-order valence-corrected chi connectivity index (χ3v) is 5.20. The normalized spacial score (nSPS) is 23.3. The molecule has 0 aromatic rings. The molecule has 1 unspecified atom stereocenters. The van der Waals surface area contributed by atoms with E-state index in [0.717, 1.165) is 32.5 Å². The number of amides is 3. The molecular formula is C18H34N4O2. The van der Waals surface area contributed by atoms with E-state index in [9.17, 15) is 9.59 Å². The summed E-state index contributed by atoms with van der Waals surface area (Å²) in [5.74, 6) is 0.204. The van der Waals surface area contributed by atoms with E-state index >= 15 is 0 Å². The first kappa shape index (κ1) is 19.0. The summed E-state index contributed by atoms with van der Waals surface area (Å²) in [6.45, 7) is 10.4. The van der Waals surface area contributed by atoms with Crippen molar-refractivity contribution < 1.29 is 9.59 Å². The topological polar surface area (TPSA) is 64.7 Å². The molecule has 0 aromatic heterocycles. The Hall–Kier alpha value is -1.30. The van der Waals surface area contributed by atoms with E-state index < -0.39 is 0 Å². The van der Waals surface area contributed by atoms with Crippen molar-refractivity contribution in [3.63, 3.8) is 0 Å². The summed E-state index contributed by atoms with van der Waals surface area (Å²) >= 11 is 0. The number of urea groups is 1. The molecular weight excluding hydrogens is 304 g/mol. The van der Waals surface area contributed by atoms with Gasteiger partial charge < -0.3 is 15.5 Å². The van der Waals surface area contributed by atoms with E-state index in [1.807, 2.05) is 18.7 Å². The van der Waals surface area contributed by atoms with Crippen LogP contribution >= 0.6 is 0 Å². The molecule has 0 radical (unpaired) electrons. The van der Waals surface area contributed by atoms with Crippen LogP contribution < -0.4 is 10.6 Å². The molecule has 6 heteroatoms. The lowest BCUT2D eigenvalue weighted by atomic mass is 9.96. The number of nitrogens with one attached hydrogen (secondary N) is 2. The quantitative estimate of drug-likeness (QED) is 0.803. The van der Waals surface area contributed by atoms with E-state index in [1.54, 1.807) is 0 Å². The van der Waals surface area contributed by atoms with Crippen LogP contribution in [0.4, 0.5) is 4.79 Å². The van der Waals surface area contributed by atoms with Gasteiger partial charge in [-0.2, -0.15) is 0 Å². The van der Waals surface area contributed by atoms with Crippen LogP contribution in [-0.2, 0) is 4.79 Å². The number of hydrogen-bond donors (Lipinski definition) is 2. The second-order valence-electron chi connectivity index (χ2n) is 7.54. The molecule has 2 fully saturated rings. The highest BCUT2D eigenvalue weighted by Gasteiger charge is 2.27. The Kier molecular flexibility index (Phi) is 7.34. The molecule has 3 amide bonds. The van der Waals surface area contributed by atoms with Crippen molar-refractivity contribution in [3.05, 3.63) is 0 Å². The van der Waals surface area contributed by atoms with E-state index in [4.69, 9.17) is 0 Å². The van der Waals surface area contributed by atoms with Crippen molar-refractivity contribution in [2.45, 2.75) is 65.0 Å². The third kappa shape index (κ3) is 5.65. The van der Waals surface area contributed by atoms with Crippen molar-refractivity contribution in [3.8, 4) is 0 Å². The third-order valence-electron chi connectivity index (χ3n) is 5.20. The smallest absolute Gasteiger partial charge is 0.317 e. The molecule has 2 rings (SSSR count). The summed E-state index contributed by atoms with van der Waals surface area (Å²) in [7, 11) is 0. The molecule has 24 heavy (non-hydrogen) atoms. The van der Waals surface area contributed by atoms with Gasteiger partial charge in [0.2, 0.25) is 5.91 Å². The van der Waals surface area contributed by atoms with Crippen LogP contribution in [0.25, 0.3) is 0 Å². The van der Waals surface area contributed by atoms with Crippen molar-refractivity contribution in [2.75, 3.05) is 32.7 Å². The van der Waals surface area contributed by atoms with Gasteiger partial charge in [0, 0.05) is 44.2 Å². The second kappa shape index (κ2) is 9.25. The van der Waals surface area contributed by atoms with Crippen LogP contribution in [0.3, 0.4) is 0 Å². The predicted octanol–water partition coefficient (Wildman–Crippen LogP) is 1.81. The molecule has 0 bridgehead atoms. The Balaban J connectivity index is 1.64. The lowest BCUT2D eigenvalue weighted by molar-refractivity contribution is -0.126. The van der Waals surface area contributed by atoms with Crippen molar-refractivity contribution in [2.24, 2.45) is 5.92 Å². The van der Waals surface area contributed by atoms with Crippen LogP contribution in [-0.4, -0.2) is 66.5 Å². The number of likely N-dealkylation sites (tertiary alicyclic amines) is 2. The molecule has 1 atom stereocenters. The Morgan fingerprint density at radius 2 is 1.79 bits per heavy atom. The summed E-state index contributed by atoms with van der Waals surface area (Å²) in [6, 6.07) is 0.775. The molecule has 2 N–H and O–H groups in total. The van der Waals surface area contributed by atoms with Gasteiger partial charge in [0.05, 0.1) is 0 Å². The van der Waals surface area contributed by atoms with Crippen LogP contribution in [0.2, 0.25) is 0 Å². The van der Waals surface area contributed by atoms with Crippen LogP contribution in [0.1, 0.15) is 52.9 Å². The Morgan fingerprint density at radius 1 is 1.08 bits per heavy atom.